The molecule has 1 atom stereocenters. The van der Waals surface area contributed by atoms with Crippen LogP contribution in [0.5, 0.6) is 0 Å². The summed E-state index contributed by atoms with van der Waals surface area (Å²) in [5, 5.41) is 4.19. The number of furan rings is 1. The zero-order valence-corrected chi connectivity index (χ0v) is 14.8. The summed E-state index contributed by atoms with van der Waals surface area (Å²) in [6.07, 6.45) is 0. The summed E-state index contributed by atoms with van der Waals surface area (Å²) in [6, 6.07) is 12.3. The molecule has 0 saturated carbocycles. The van der Waals surface area contributed by atoms with E-state index in [4.69, 9.17) is 16.0 Å². The van der Waals surface area contributed by atoms with Gasteiger partial charge in [-0.25, -0.2) is 0 Å². The van der Waals surface area contributed by atoms with Crippen molar-refractivity contribution in [2.75, 3.05) is 11.1 Å². The van der Waals surface area contributed by atoms with Crippen molar-refractivity contribution in [1.82, 2.24) is 0 Å². The van der Waals surface area contributed by atoms with Crippen molar-refractivity contribution in [2.45, 2.75) is 18.7 Å². The number of benzene rings is 2. The van der Waals surface area contributed by atoms with Crippen LogP contribution in [0.4, 0.5) is 5.69 Å². The highest BCUT2D eigenvalue weighted by Crippen LogP contribution is 2.29. The van der Waals surface area contributed by atoms with Gasteiger partial charge < -0.3 is 9.73 Å². The quantitative estimate of drug-likeness (QED) is 0.727. The highest BCUT2D eigenvalue weighted by Gasteiger charge is 2.19. The van der Waals surface area contributed by atoms with Crippen LogP contribution in [0, 0.1) is 6.92 Å². The molecule has 0 unspecified atom stereocenters. The van der Waals surface area contributed by atoms with Gasteiger partial charge in [-0.3, -0.25) is 9.00 Å². The zero-order valence-electron chi connectivity index (χ0n) is 13.3. The van der Waals surface area contributed by atoms with Gasteiger partial charge in [0.2, 0.25) is 0 Å². The van der Waals surface area contributed by atoms with Crippen molar-refractivity contribution in [3.05, 3.63) is 58.8 Å². The monoisotopic (exact) mass is 361 g/mol. The lowest BCUT2D eigenvalue weighted by atomic mass is 10.1. The minimum absolute atomic E-state index is 0.226. The Balaban J connectivity index is 1.97. The lowest BCUT2D eigenvalue weighted by molar-refractivity contribution is 0.0997. The molecule has 4 nitrogen and oxygen atoms in total. The number of halogens is 1. The molecular formula is C18H16ClNO3S. The van der Waals surface area contributed by atoms with E-state index in [1.165, 1.54) is 0 Å². The number of amides is 1. The summed E-state index contributed by atoms with van der Waals surface area (Å²) in [5.74, 6) is 0.333. The number of rotatable bonds is 4. The highest BCUT2D eigenvalue weighted by molar-refractivity contribution is 7.85. The third-order valence-electron chi connectivity index (χ3n) is 3.75. The Morgan fingerprint density at radius 1 is 1.25 bits per heavy atom. The van der Waals surface area contributed by atoms with E-state index in [0.29, 0.717) is 26.9 Å². The number of hydrogen-bond donors (Lipinski definition) is 1. The molecule has 0 radical (unpaired) electrons. The normalized spacial score (nSPS) is 12.3. The molecule has 0 aliphatic heterocycles. The molecular weight excluding hydrogens is 346 g/mol. The first-order valence-corrected chi connectivity index (χ1v) is 9.18. The van der Waals surface area contributed by atoms with Crippen LogP contribution in [0.25, 0.3) is 11.0 Å². The van der Waals surface area contributed by atoms with Gasteiger partial charge in [0.15, 0.2) is 5.76 Å². The van der Waals surface area contributed by atoms with Gasteiger partial charge in [0.25, 0.3) is 5.91 Å². The van der Waals surface area contributed by atoms with Gasteiger partial charge >= 0.3 is 0 Å². The van der Waals surface area contributed by atoms with E-state index in [2.05, 4.69) is 5.32 Å². The number of hydrogen-bond acceptors (Lipinski definition) is 3. The fourth-order valence-electron chi connectivity index (χ4n) is 2.51. The number of fused-ring (bicyclic) bond motifs is 1. The van der Waals surface area contributed by atoms with E-state index < -0.39 is 10.8 Å². The lowest BCUT2D eigenvalue weighted by Gasteiger charge is -2.09. The van der Waals surface area contributed by atoms with E-state index in [1.54, 1.807) is 42.5 Å². The van der Waals surface area contributed by atoms with E-state index >= 15 is 0 Å². The fraction of sp³-hybridized carbons (Fsp3) is 0.167. The maximum atomic E-state index is 12.6. The van der Waals surface area contributed by atoms with E-state index in [0.717, 1.165) is 10.9 Å². The molecule has 0 aliphatic rings. The van der Waals surface area contributed by atoms with Gasteiger partial charge in [-0.05, 0) is 37.3 Å². The molecule has 1 heterocycles. The lowest BCUT2D eigenvalue weighted by Crippen LogP contribution is -2.14. The largest absolute Gasteiger partial charge is 0.451 e. The fourth-order valence-corrected chi connectivity index (χ4v) is 3.59. The molecule has 0 aliphatic carbocycles. The number of carbonyl (C=O) groups excluding carboxylic acids is 1. The SMILES string of the molecule is CC[S@@](=O)c1ccccc1NC(=O)c1oc2ccc(Cl)cc2c1C. The second-order valence-corrected chi connectivity index (χ2v) is 7.43. The predicted octanol–water partition coefficient (Wildman–Crippen LogP) is 4.77. The summed E-state index contributed by atoms with van der Waals surface area (Å²) in [7, 11) is -1.16. The van der Waals surface area contributed by atoms with Crippen molar-refractivity contribution in [1.29, 1.82) is 0 Å². The summed E-state index contributed by atoms with van der Waals surface area (Å²) in [6.45, 7) is 3.65. The van der Waals surface area contributed by atoms with Crippen LogP contribution in [0.2, 0.25) is 5.02 Å². The topological polar surface area (TPSA) is 59.3 Å². The molecule has 124 valence electrons. The highest BCUT2D eigenvalue weighted by atomic mass is 35.5. The first kappa shape index (κ1) is 16.7. The van der Waals surface area contributed by atoms with Crippen LogP contribution in [0.1, 0.15) is 23.0 Å². The number of anilines is 1. The second kappa shape index (κ2) is 6.79. The molecule has 2 aromatic carbocycles. The Morgan fingerprint density at radius 2 is 2.00 bits per heavy atom. The van der Waals surface area contributed by atoms with Crippen molar-refractivity contribution < 1.29 is 13.4 Å². The molecule has 0 saturated heterocycles. The van der Waals surface area contributed by atoms with Gasteiger partial charge in [0.1, 0.15) is 5.58 Å². The van der Waals surface area contributed by atoms with Crippen LogP contribution in [-0.4, -0.2) is 15.9 Å². The molecule has 0 spiro atoms. The molecule has 3 rings (SSSR count). The Labute approximate surface area is 147 Å². The van der Waals surface area contributed by atoms with Crippen molar-refractivity contribution in [3.63, 3.8) is 0 Å². The van der Waals surface area contributed by atoms with Crippen molar-refractivity contribution >= 4 is 45.0 Å². The van der Waals surface area contributed by atoms with Crippen LogP contribution < -0.4 is 5.32 Å². The Kier molecular flexibility index (Phi) is 4.73. The standard InChI is InChI=1S/C18H16ClNO3S/c1-3-24(22)16-7-5-4-6-14(16)20-18(21)17-11(2)13-10-12(19)8-9-15(13)23-17/h4-10H,3H2,1-2H3,(H,20,21)/t24-/m1/s1. The van der Waals surface area contributed by atoms with Gasteiger partial charge in [0.05, 0.1) is 21.4 Å². The third-order valence-corrected chi connectivity index (χ3v) is 5.35. The first-order chi connectivity index (χ1) is 11.5. The molecule has 1 amide bonds. The minimum atomic E-state index is -1.16. The van der Waals surface area contributed by atoms with Gasteiger partial charge in [-0.1, -0.05) is 30.7 Å². The smallest absolute Gasteiger partial charge is 0.291 e. The zero-order chi connectivity index (χ0) is 17.3. The predicted molar refractivity (Wildman–Crippen MR) is 97.3 cm³/mol. The maximum absolute atomic E-state index is 12.6. The Hall–Kier alpha value is -2.11. The van der Waals surface area contributed by atoms with Crippen LogP contribution in [0.3, 0.4) is 0 Å². The molecule has 0 fully saturated rings. The average Bonchev–Trinajstić information content (AvgIpc) is 2.91. The molecule has 3 aromatic rings. The van der Waals surface area contributed by atoms with Crippen LogP contribution >= 0.6 is 11.6 Å². The van der Waals surface area contributed by atoms with Crippen LogP contribution in [-0.2, 0) is 10.8 Å². The minimum Gasteiger partial charge on any atom is -0.451 e. The molecule has 6 heteroatoms. The van der Waals surface area contributed by atoms with Gasteiger partial charge in [-0.2, -0.15) is 0 Å². The average molecular weight is 362 g/mol. The Morgan fingerprint density at radius 3 is 2.75 bits per heavy atom. The van der Waals surface area contributed by atoms with Crippen molar-refractivity contribution in [2.24, 2.45) is 0 Å². The van der Waals surface area contributed by atoms with Gasteiger partial charge in [-0.15, -0.1) is 0 Å². The summed E-state index contributed by atoms with van der Waals surface area (Å²) in [4.78, 5) is 13.2. The number of aryl methyl sites for hydroxylation is 1. The third kappa shape index (κ3) is 3.09. The van der Waals surface area contributed by atoms with E-state index in [-0.39, 0.29) is 11.7 Å². The number of nitrogens with one attached hydrogen (secondary N) is 1. The van der Waals surface area contributed by atoms with E-state index in [1.807, 2.05) is 13.8 Å². The summed E-state index contributed by atoms with van der Waals surface area (Å²) < 4.78 is 17.8. The van der Waals surface area contributed by atoms with Crippen molar-refractivity contribution in [3.8, 4) is 0 Å². The summed E-state index contributed by atoms with van der Waals surface area (Å²) >= 11 is 6.00. The number of carbonyl (C=O) groups is 1. The Bertz CT molecular complexity index is 949. The second-order valence-electron chi connectivity index (χ2n) is 5.28. The van der Waals surface area contributed by atoms with E-state index in [9.17, 15) is 9.00 Å². The molecule has 1 N–H and O–H groups in total. The molecule has 24 heavy (non-hydrogen) atoms. The van der Waals surface area contributed by atoms with Gasteiger partial charge in [0, 0.05) is 21.7 Å². The summed E-state index contributed by atoms with van der Waals surface area (Å²) in [5.41, 5.74) is 1.85. The molecule has 0 bridgehead atoms. The number of para-hydroxylation sites is 1. The maximum Gasteiger partial charge on any atom is 0.291 e. The first-order valence-electron chi connectivity index (χ1n) is 7.48. The van der Waals surface area contributed by atoms with Crippen LogP contribution in [0.15, 0.2) is 51.8 Å². The molecule has 1 aromatic heterocycles.